The van der Waals surface area contributed by atoms with E-state index in [1.807, 2.05) is 0 Å². The molecule has 2 fully saturated rings. The fraction of sp³-hybridized carbons (Fsp3) is 0.538. The van der Waals surface area contributed by atoms with Gasteiger partial charge in [0.05, 0.1) is 22.9 Å². The van der Waals surface area contributed by atoms with Gasteiger partial charge in [0, 0.05) is 6.54 Å². The van der Waals surface area contributed by atoms with E-state index in [0.29, 0.717) is 42.0 Å². The molecule has 0 radical (unpaired) electrons. The Balaban J connectivity index is 1.50. The number of benzene rings is 1. The number of nitrogens with one attached hydrogen (secondary N) is 2. The van der Waals surface area contributed by atoms with Crippen LogP contribution in [0.2, 0.25) is 0 Å². The summed E-state index contributed by atoms with van der Waals surface area (Å²) in [7, 11) is 0. The number of imidazole rings is 1. The van der Waals surface area contributed by atoms with Crippen molar-refractivity contribution in [3.63, 3.8) is 0 Å². The van der Waals surface area contributed by atoms with Gasteiger partial charge in [-0.3, -0.25) is 4.79 Å². The summed E-state index contributed by atoms with van der Waals surface area (Å²) in [5.74, 6) is -1.15. The van der Waals surface area contributed by atoms with E-state index in [2.05, 4.69) is 20.4 Å². The van der Waals surface area contributed by atoms with Crippen LogP contribution in [0.1, 0.15) is 85.7 Å². The number of hydrogen-bond acceptors (Lipinski definition) is 6. The Morgan fingerprint density at radius 1 is 1.17 bits per heavy atom. The zero-order valence-electron chi connectivity index (χ0n) is 20.4. The van der Waals surface area contributed by atoms with Gasteiger partial charge in [-0.1, -0.05) is 37.3 Å². The van der Waals surface area contributed by atoms with Crippen LogP contribution in [-0.4, -0.2) is 44.7 Å². The van der Waals surface area contributed by atoms with Crippen LogP contribution >= 0.6 is 0 Å². The summed E-state index contributed by atoms with van der Waals surface area (Å²) in [6.45, 7) is 2.19. The molecule has 1 saturated heterocycles. The molecule has 2 aromatic heterocycles. The van der Waals surface area contributed by atoms with Crippen molar-refractivity contribution in [2.24, 2.45) is 5.92 Å². The van der Waals surface area contributed by atoms with Crippen molar-refractivity contribution in [2.45, 2.75) is 76.8 Å². The molecule has 1 saturated carbocycles. The number of rotatable bonds is 6. The van der Waals surface area contributed by atoms with Crippen LogP contribution in [0.5, 0.6) is 0 Å². The molecule has 1 amide bonds. The molecule has 1 aliphatic heterocycles. The summed E-state index contributed by atoms with van der Waals surface area (Å²) >= 11 is 0. The SMILES string of the molecule is Cc1nocc1C(=O)NC(c1nc2c(F)c(N3CCC[C@H]3C(=O)O)ccc2[nH]1)C1CCCCCCC1. The molecule has 5 rings (SSSR count). The van der Waals surface area contributed by atoms with Gasteiger partial charge >= 0.3 is 5.97 Å². The topological polar surface area (TPSA) is 124 Å². The fourth-order valence-corrected chi connectivity index (χ4v) is 5.69. The number of halogens is 1. The first-order valence-corrected chi connectivity index (χ1v) is 12.8. The number of anilines is 1. The number of carbonyl (C=O) groups is 2. The van der Waals surface area contributed by atoms with Gasteiger partial charge in [0.25, 0.3) is 5.91 Å². The van der Waals surface area contributed by atoms with Gasteiger partial charge in [0.2, 0.25) is 0 Å². The molecule has 3 N–H and O–H groups in total. The minimum atomic E-state index is -0.953. The summed E-state index contributed by atoms with van der Waals surface area (Å²) in [5.41, 5.74) is 1.79. The molecular weight excluding hydrogens is 465 g/mol. The Bertz CT molecular complexity index is 1250. The molecule has 1 aromatic carbocycles. The monoisotopic (exact) mass is 497 g/mol. The highest BCUT2D eigenvalue weighted by molar-refractivity contribution is 5.95. The zero-order chi connectivity index (χ0) is 25.2. The summed E-state index contributed by atoms with van der Waals surface area (Å²) in [6.07, 6.45) is 10.0. The predicted molar refractivity (Wildman–Crippen MR) is 131 cm³/mol. The number of nitrogens with zero attached hydrogens (tertiary/aromatic N) is 3. The van der Waals surface area contributed by atoms with E-state index in [-0.39, 0.29) is 23.0 Å². The summed E-state index contributed by atoms with van der Waals surface area (Å²) in [4.78, 5) is 34.3. The largest absolute Gasteiger partial charge is 0.480 e. The third kappa shape index (κ3) is 4.68. The number of carbonyl (C=O) groups excluding carboxylic acids is 1. The van der Waals surface area contributed by atoms with E-state index in [1.54, 1.807) is 24.0 Å². The van der Waals surface area contributed by atoms with Gasteiger partial charge < -0.3 is 24.8 Å². The zero-order valence-corrected chi connectivity index (χ0v) is 20.4. The predicted octanol–water partition coefficient (Wildman–Crippen LogP) is 4.88. The minimum Gasteiger partial charge on any atom is -0.480 e. The minimum absolute atomic E-state index is 0.146. The number of aromatic nitrogens is 3. The molecule has 0 bridgehead atoms. The van der Waals surface area contributed by atoms with Gasteiger partial charge in [-0.15, -0.1) is 0 Å². The van der Waals surface area contributed by atoms with Crippen LogP contribution in [0.4, 0.5) is 10.1 Å². The average molecular weight is 498 g/mol. The second-order valence-electron chi connectivity index (χ2n) is 9.98. The lowest BCUT2D eigenvalue weighted by molar-refractivity contribution is -0.138. The quantitative estimate of drug-likeness (QED) is 0.443. The fourth-order valence-electron chi connectivity index (χ4n) is 5.69. The van der Waals surface area contributed by atoms with E-state index in [0.717, 1.165) is 38.5 Å². The molecule has 2 atom stereocenters. The maximum atomic E-state index is 15.7. The third-order valence-electron chi connectivity index (χ3n) is 7.64. The van der Waals surface area contributed by atoms with E-state index >= 15 is 4.39 Å². The second-order valence-corrected chi connectivity index (χ2v) is 9.98. The van der Waals surface area contributed by atoms with Crippen LogP contribution < -0.4 is 10.2 Å². The molecule has 1 unspecified atom stereocenters. The maximum Gasteiger partial charge on any atom is 0.326 e. The number of aryl methyl sites for hydroxylation is 1. The Morgan fingerprint density at radius 3 is 2.61 bits per heavy atom. The first-order chi connectivity index (χ1) is 17.4. The lowest BCUT2D eigenvalue weighted by Crippen LogP contribution is -2.36. The summed E-state index contributed by atoms with van der Waals surface area (Å²) in [6, 6.07) is 2.18. The van der Waals surface area contributed by atoms with Crippen molar-refractivity contribution in [3.8, 4) is 0 Å². The van der Waals surface area contributed by atoms with Crippen LogP contribution in [0, 0.1) is 18.7 Å². The number of amides is 1. The number of H-pyrrole nitrogens is 1. The van der Waals surface area contributed by atoms with Crippen molar-refractivity contribution in [2.75, 3.05) is 11.4 Å². The van der Waals surface area contributed by atoms with Crippen LogP contribution in [0.3, 0.4) is 0 Å². The third-order valence-corrected chi connectivity index (χ3v) is 7.64. The van der Waals surface area contributed by atoms with Crippen molar-refractivity contribution >= 4 is 28.6 Å². The Labute approximate surface area is 208 Å². The Kier molecular flexibility index (Phi) is 6.93. The lowest BCUT2D eigenvalue weighted by Gasteiger charge is -2.28. The van der Waals surface area contributed by atoms with Crippen LogP contribution in [-0.2, 0) is 4.79 Å². The highest BCUT2D eigenvalue weighted by atomic mass is 19.1. The van der Waals surface area contributed by atoms with Gasteiger partial charge in [-0.05, 0) is 50.7 Å². The maximum absolute atomic E-state index is 15.7. The number of carboxylic acids is 1. The first-order valence-electron chi connectivity index (χ1n) is 12.8. The summed E-state index contributed by atoms with van der Waals surface area (Å²) in [5, 5.41) is 16.5. The average Bonchev–Trinajstić information content (AvgIpc) is 3.57. The van der Waals surface area contributed by atoms with E-state index in [9.17, 15) is 14.7 Å². The molecule has 192 valence electrons. The smallest absolute Gasteiger partial charge is 0.326 e. The molecule has 2 aliphatic rings. The molecule has 3 aromatic rings. The number of aromatic amines is 1. The highest BCUT2D eigenvalue weighted by Crippen LogP contribution is 2.36. The van der Waals surface area contributed by atoms with Crippen molar-refractivity contribution < 1.29 is 23.6 Å². The van der Waals surface area contributed by atoms with Gasteiger partial charge in [0.15, 0.2) is 5.82 Å². The first kappa shape index (κ1) is 24.3. The van der Waals surface area contributed by atoms with Crippen molar-refractivity contribution in [1.82, 2.24) is 20.4 Å². The Morgan fingerprint density at radius 2 is 1.92 bits per heavy atom. The Hall–Kier alpha value is -3.43. The molecular formula is C26H32FN5O4. The van der Waals surface area contributed by atoms with Gasteiger partial charge in [-0.2, -0.15) is 0 Å². The number of carboxylic acid groups (broad SMARTS) is 1. The molecule has 0 spiro atoms. The van der Waals surface area contributed by atoms with E-state index in [4.69, 9.17) is 4.52 Å². The van der Waals surface area contributed by atoms with Crippen molar-refractivity contribution in [1.29, 1.82) is 0 Å². The standard InChI is InChI=1S/C26H32FN5O4/c1-15-17(14-36-31-15)25(33)30-22(16-8-5-3-2-4-6-9-16)24-28-18-11-12-19(21(27)23(18)29-24)32-13-7-10-20(32)26(34)35/h11-12,14,16,20,22H,2-10,13H2,1H3,(H,28,29)(H,30,33)(H,34,35)/t20-,22?/m0/s1. The molecule has 10 heteroatoms. The second kappa shape index (κ2) is 10.3. The van der Waals surface area contributed by atoms with Gasteiger partial charge in [-0.25, -0.2) is 14.2 Å². The molecule has 1 aliphatic carbocycles. The number of hydrogen-bond donors (Lipinski definition) is 3. The summed E-state index contributed by atoms with van der Waals surface area (Å²) < 4.78 is 20.7. The molecule has 36 heavy (non-hydrogen) atoms. The van der Waals surface area contributed by atoms with Gasteiger partial charge in [0.1, 0.15) is 29.2 Å². The van der Waals surface area contributed by atoms with Crippen LogP contribution in [0.25, 0.3) is 11.0 Å². The van der Waals surface area contributed by atoms with E-state index in [1.165, 1.54) is 12.7 Å². The van der Waals surface area contributed by atoms with Crippen molar-refractivity contribution in [3.05, 3.63) is 41.3 Å². The lowest BCUT2D eigenvalue weighted by atomic mass is 9.85. The number of fused-ring (bicyclic) bond motifs is 1. The highest BCUT2D eigenvalue weighted by Gasteiger charge is 2.34. The number of aliphatic carboxylic acids is 1. The normalized spacial score (nSPS) is 20.3. The molecule has 9 nitrogen and oxygen atoms in total. The van der Waals surface area contributed by atoms with Crippen LogP contribution in [0.15, 0.2) is 22.9 Å². The van der Waals surface area contributed by atoms with E-state index < -0.39 is 23.9 Å². The molecule has 3 heterocycles.